The van der Waals surface area contributed by atoms with E-state index in [9.17, 15) is 14.4 Å². The first-order valence-corrected chi connectivity index (χ1v) is 11.7. The second-order valence-electron chi connectivity index (χ2n) is 10.3. The van der Waals surface area contributed by atoms with Crippen molar-refractivity contribution >= 4 is 17.4 Å². The second kappa shape index (κ2) is 7.83. The number of carbonyl (C=O) groups excluding carboxylic acids is 2. The Hall–Kier alpha value is -3.87. The summed E-state index contributed by atoms with van der Waals surface area (Å²) < 4.78 is 6.65. The van der Waals surface area contributed by atoms with Crippen LogP contribution in [-0.4, -0.2) is 28.6 Å². The lowest BCUT2D eigenvalue weighted by Crippen LogP contribution is -2.43. The first kappa shape index (κ1) is 22.9. The molecule has 1 aliphatic carbocycles. The number of Topliss-reactive ketones (excluding diaryl/α,β-unsaturated/α-hetero) is 1. The van der Waals surface area contributed by atoms with Crippen LogP contribution in [0.3, 0.4) is 0 Å². The fourth-order valence-electron chi connectivity index (χ4n) is 5.63. The Morgan fingerprint density at radius 1 is 0.886 bits per heavy atom. The van der Waals surface area contributed by atoms with Gasteiger partial charge in [0.15, 0.2) is 5.78 Å². The zero-order valence-corrected chi connectivity index (χ0v) is 20.6. The van der Waals surface area contributed by atoms with Gasteiger partial charge in [0.2, 0.25) is 5.91 Å². The number of aromatic nitrogens is 2. The molecule has 5 rings (SSSR count). The predicted octanol–water partition coefficient (Wildman–Crippen LogP) is 4.43. The molecule has 1 amide bonds. The molecule has 2 aliphatic rings. The van der Waals surface area contributed by atoms with Crippen LogP contribution in [0.2, 0.25) is 0 Å². The second-order valence-corrected chi connectivity index (χ2v) is 10.3. The molecule has 0 fully saturated rings. The lowest BCUT2D eigenvalue weighted by molar-refractivity contribution is -0.124. The normalized spacial score (nSPS) is 21.5. The van der Waals surface area contributed by atoms with E-state index in [1.165, 1.54) is 4.68 Å². The van der Waals surface area contributed by atoms with E-state index in [1.807, 2.05) is 44.2 Å². The number of rotatable bonds is 4. The van der Waals surface area contributed by atoms with Crippen LogP contribution >= 0.6 is 0 Å². The van der Waals surface area contributed by atoms with E-state index < -0.39 is 5.41 Å². The van der Waals surface area contributed by atoms with Gasteiger partial charge in [-0.2, -0.15) is 0 Å². The van der Waals surface area contributed by atoms with Crippen LogP contribution in [0, 0.1) is 12.3 Å². The summed E-state index contributed by atoms with van der Waals surface area (Å²) in [6, 6.07) is 16.4. The molecule has 1 N–H and O–H groups in total. The van der Waals surface area contributed by atoms with Gasteiger partial charge in [-0.1, -0.05) is 32.0 Å². The summed E-state index contributed by atoms with van der Waals surface area (Å²) >= 11 is 0. The number of amides is 1. The lowest BCUT2D eigenvalue weighted by atomic mass is 9.68. The van der Waals surface area contributed by atoms with Crippen molar-refractivity contribution in [2.24, 2.45) is 5.41 Å². The van der Waals surface area contributed by atoms with Gasteiger partial charge in [-0.3, -0.25) is 24.4 Å². The summed E-state index contributed by atoms with van der Waals surface area (Å²) in [5.41, 5.74) is 1.28. The number of aryl methyl sites for hydroxylation is 1. The molecular weight excluding hydrogens is 442 g/mol. The van der Waals surface area contributed by atoms with Crippen LogP contribution in [0.4, 0.5) is 5.69 Å². The van der Waals surface area contributed by atoms with Crippen molar-refractivity contribution in [3.63, 3.8) is 0 Å². The number of carbonyl (C=O) groups is 2. The van der Waals surface area contributed by atoms with Crippen molar-refractivity contribution in [2.75, 3.05) is 12.0 Å². The van der Waals surface area contributed by atoms with E-state index in [4.69, 9.17) is 4.74 Å². The first-order valence-electron chi connectivity index (χ1n) is 11.7. The van der Waals surface area contributed by atoms with Crippen molar-refractivity contribution < 1.29 is 14.3 Å². The summed E-state index contributed by atoms with van der Waals surface area (Å²) in [6.07, 6.45) is 0.897. The topological polar surface area (TPSA) is 84.4 Å². The van der Waals surface area contributed by atoms with Crippen LogP contribution in [0.25, 0.3) is 5.69 Å². The van der Waals surface area contributed by atoms with Gasteiger partial charge >= 0.3 is 0 Å². The highest BCUT2D eigenvalue weighted by atomic mass is 16.5. The number of allylic oxidation sites excluding steroid dienone is 1. The number of aromatic amines is 1. The number of methoxy groups -OCH3 is 1. The van der Waals surface area contributed by atoms with E-state index in [2.05, 4.69) is 5.10 Å². The standard InChI is InChI=1S/C28H29N3O4/c1-17-23(25(33)31(29-17)19-11-13-20(35-5)14-12-19)28(4)24-21(15-27(2,3)16-22(24)32)30(26(28)34)18-9-7-6-8-10-18/h6-14,29H,15-16H2,1-5H3. The van der Waals surface area contributed by atoms with Gasteiger partial charge in [0.05, 0.1) is 18.4 Å². The van der Waals surface area contributed by atoms with Crippen LogP contribution < -0.4 is 15.2 Å². The number of ketones is 1. The van der Waals surface area contributed by atoms with Crippen molar-refractivity contribution in [2.45, 2.75) is 46.0 Å². The maximum absolute atomic E-state index is 14.2. The number of hydrogen-bond donors (Lipinski definition) is 1. The molecule has 1 aromatic heterocycles. The van der Waals surface area contributed by atoms with E-state index in [0.29, 0.717) is 52.5 Å². The van der Waals surface area contributed by atoms with Gasteiger partial charge in [0.25, 0.3) is 5.56 Å². The summed E-state index contributed by atoms with van der Waals surface area (Å²) in [4.78, 5) is 43.3. The van der Waals surface area contributed by atoms with Crippen LogP contribution in [-0.2, 0) is 15.0 Å². The zero-order valence-electron chi connectivity index (χ0n) is 20.6. The summed E-state index contributed by atoms with van der Waals surface area (Å²) in [5.74, 6) is 0.314. The minimum Gasteiger partial charge on any atom is -0.497 e. The van der Waals surface area contributed by atoms with Gasteiger partial charge in [-0.25, -0.2) is 4.68 Å². The molecule has 0 bridgehead atoms. The summed E-state index contributed by atoms with van der Waals surface area (Å²) in [5, 5.41) is 3.13. The molecule has 7 nitrogen and oxygen atoms in total. The first-order chi connectivity index (χ1) is 16.6. The number of benzene rings is 2. The molecule has 0 saturated heterocycles. The molecule has 180 valence electrons. The summed E-state index contributed by atoms with van der Waals surface area (Å²) in [7, 11) is 1.58. The largest absolute Gasteiger partial charge is 0.497 e. The third kappa shape index (κ3) is 3.37. The van der Waals surface area contributed by atoms with E-state index >= 15 is 0 Å². The lowest BCUT2D eigenvalue weighted by Gasteiger charge is -2.33. The molecule has 1 atom stereocenters. The Labute approximate surface area is 204 Å². The molecule has 3 aromatic rings. The van der Waals surface area contributed by atoms with Crippen molar-refractivity contribution in [3.05, 3.63) is 87.5 Å². The minimum atomic E-state index is -1.39. The van der Waals surface area contributed by atoms with Crippen LogP contribution in [0.15, 0.2) is 70.7 Å². The molecule has 0 radical (unpaired) electrons. The Morgan fingerprint density at radius 2 is 1.54 bits per heavy atom. The Kier molecular flexibility index (Phi) is 5.13. The van der Waals surface area contributed by atoms with Gasteiger partial charge < -0.3 is 4.74 Å². The molecule has 1 unspecified atom stereocenters. The molecule has 0 spiro atoms. The highest BCUT2D eigenvalue weighted by Crippen LogP contribution is 2.52. The SMILES string of the molecule is COc1ccc(-n2[nH]c(C)c(C3(C)C(=O)N(c4ccccc4)C4=C3C(=O)CC(C)(C)C4)c2=O)cc1. The molecule has 0 saturated carbocycles. The average molecular weight is 472 g/mol. The molecule has 2 heterocycles. The summed E-state index contributed by atoms with van der Waals surface area (Å²) in [6.45, 7) is 7.57. The fourth-order valence-corrected chi connectivity index (χ4v) is 5.63. The van der Waals surface area contributed by atoms with E-state index in [0.717, 1.165) is 0 Å². The molecule has 35 heavy (non-hydrogen) atoms. The molecule has 2 aromatic carbocycles. The van der Waals surface area contributed by atoms with Gasteiger partial charge in [0.1, 0.15) is 11.2 Å². The van der Waals surface area contributed by atoms with Crippen LogP contribution in [0.5, 0.6) is 5.75 Å². The average Bonchev–Trinajstić information content (AvgIpc) is 3.23. The maximum atomic E-state index is 14.2. The predicted molar refractivity (Wildman–Crippen MR) is 134 cm³/mol. The molecule has 1 aliphatic heterocycles. The number of ether oxygens (including phenoxy) is 1. The third-order valence-electron chi connectivity index (χ3n) is 7.17. The number of H-pyrrole nitrogens is 1. The Morgan fingerprint density at radius 3 is 2.17 bits per heavy atom. The van der Waals surface area contributed by atoms with Crippen molar-refractivity contribution in [1.29, 1.82) is 0 Å². The number of hydrogen-bond acceptors (Lipinski definition) is 4. The highest BCUT2D eigenvalue weighted by molar-refractivity contribution is 6.19. The maximum Gasteiger partial charge on any atom is 0.276 e. The fraction of sp³-hybridized carbons (Fsp3) is 0.321. The number of anilines is 1. The Bertz CT molecular complexity index is 1430. The number of nitrogens with one attached hydrogen (secondary N) is 1. The van der Waals surface area contributed by atoms with Gasteiger partial charge in [0, 0.05) is 29.1 Å². The van der Waals surface area contributed by atoms with E-state index in [-0.39, 0.29) is 22.7 Å². The van der Waals surface area contributed by atoms with E-state index in [1.54, 1.807) is 50.1 Å². The third-order valence-corrected chi connectivity index (χ3v) is 7.17. The number of para-hydroxylation sites is 1. The zero-order chi connectivity index (χ0) is 25.1. The van der Waals surface area contributed by atoms with Crippen molar-refractivity contribution in [1.82, 2.24) is 9.78 Å². The Balaban J connectivity index is 1.73. The van der Waals surface area contributed by atoms with Gasteiger partial charge in [-0.15, -0.1) is 0 Å². The monoisotopic (exact) mass is 471 g/mol. The minimum absolute atomic E-state index is 0.0819. The van der Waals surface area contributed by atoms with Crippen LogP contribution in [0.1, 0.15) is 44.9 Å². The highest BCUT2D eigenvalue weighted by Gasteiger charge is 2.58. The quantitative estimate of drug-likeness (QED) is 0.610. The molecular formula is C28H29N3O4. The van der Waals surface area contributed by atoms with Crippen molar-refractivity contribution in [3.8, 4) is 11.4 Å². The molecule has 7 heteroatoms. The smallest absolute Gasteiger partial charge is 0.276 e. The van der Waals surface area contributed by atoms with Gasteiger partial charge in [-0.05, 0) is 62.1 Å². The number of nitrogens with zero attached hydrogens (tertiary/aromatic N) is 2.